The van der Waals surface area contributed by atoms with Gasteiger partial charge < -0.3 is 4.42 Å². The third-order valence-corrected chi connectivity index (χ3v) is 2.05. The smallest absolute Gasteiger partial charge is 0.204 e. The summed E-state index contributed by atoms with van der Waals surface area (Å²) in [5.41, 5.74) is 2.21. The first-order valence-corrected chi connectivity index (χ1v) is 4.36. The van der Waals surface area contributed by atoms with E-state index in [4.69, 9.17) is 9.68 Å². The van der Waals surface area contributed by atoms with Gasteiger partial charge in [0.25, 0.3) is 0 Å². The fourth-order valence-corrected chi connectivity index (χ4v) is 1.27. The van der Waals surface area contributed by atoms with Gasteiger partial charge in [-0.3, -0.25) is 0 Å². The van der Waals surface area contributed by atoms with Gasteiger partial charge in [0.1, 0.15) is 11.8 Å². The number of furan rings is 1. The first-order valence-electron chi connectivity index (χ1n) is 4.36. The van der Waals surface area contributed by atoms with Crippen molar-refractivity contribution in [3.05, 3.63) is 47.7 Å². The number of nitrogens with zero attached hydrogens (tertiary/aromatic N) is 1. The molecule has 2 nitrogen and oxygen atoms in total. The van der Waals surface area contributed by atoms with E-state index in [1.165, 1.54) is 5.56 Å². The minimum absolute atomic E-state index is 0.348. The Kier molecular flexibility index (Phi) is 2.08. The maximum absolute atomic E-state index is 8.60. The van der Waals surface area contributed by atoms with Gasteiger partial charge in [-0.1, -0.05) is 29.8 Å². The molecule has 0 aliphatic heterocycles. The van der Waals surface area contributed by atoms with Crippen LogP contribution in [-0.2, 0) is 0 Å². The Bertz CT molecular complexity index is 474. The van der Waals surface area contributed by atoms with Crippen LogP contribution in [0.4, 0.5) is 0 Å². The van der Waals surface area contributed by atoms with Crippen molar-refractivity contribution < 1.29 is 4.42 Å². The molecule has 0 atom stereocenters. The van der Waals surface area contributed by atoms with Crippen molar-refractivity contribution >= 4 is 0 Å². The number of hydrogen-bond donors (Lipinski definition) is 0. The summed E-state index contributed by atoms with van der Waals surface area (Å²) in [7, 11) is 0. The van der Waals surface area contributed by atoms with E-state index in [0.29, 0.717) is 5.76 Å². The molecule has 0 spiro atoms. The predicted octanol–water partition coefficient (Wildman–Crippen LogP) is 3.13. The average molecular weight is 183 g/mol. The molecule has 2 heteroatoms. The normalized spacial score (nSPS) is 9.71. The van der Waals surface area contributed by atoms with Crippen LogP contribution in [0.3, 0.4) is 0 Å². The highest BCUT2D eigenvalue weighted by atomic mass is 16.3. The number of aryl methyl sites for hydroxylation is 1. The van der Waals surface area contributed by atoms with Gasteiger partial charge >= 0.3 is 0 Å². The lowest BCUT2D eigenvalue weighted by molar-refractivity contribution is 0.567. The second kappa shape index (κ2) is 3.39. The van der Waals surface area contributed by atoms with Crippen molar-refractivity contribution in [3.8, 4) is 17.4 Å². The second-order valence-electron chi connectivity index (χ2n) is 3.14. The molecule has 0 aliphatic rings. The minimum Gasteiger partial charge on any atom is -0.446 e. The maximum atomic E-state index is 8.60. The van der Waals surface area contributed by atoms with Crippen LogP contribution in [0.2, 0.25) is 0 Å². The molecule has 0 saturated heterocycles. The SMILES string of the molecule is Cc1ccc(-c2ccc(C#N)o2)cc1. The molecular formula is C12H9NO. The van der Waals surface area contributed by atoms with Gasteiger partial charge in [-0.2, -0.15) is 5.26 Å². The van der Waals surface area contributed by atoms with Gasteiger partial charge in [0.15, 0.2) is 0 Å². The molecule has 0 aliphatic carbocycles. The van der Waals surface area contributed by atoms with Crippen molar-refractivity contribution in [2.24, 2.45) is 0 Å². The fraction of sp³-hybridized carbons (Fsp3) is 0.0833. The van der Waals surface area contributed by atoms with Crippen LogP contribution >= 0.6 is 0 Å². The zero-order chi connectivity index (χ0) is 9.97. The van der Waals surface area contributed by atoms with Crippen LogP contribution in [0.15, 0.2) is 40.8 Å². The Balaban J connectivity index is 2.40. The van der Waals surface area contributed by atoms with Gasteiger partial charge in [-0.05, 0) is 19.1 Å². The van der Waals surface area contributed by atoms with E-state index in [-0.39, 0.29) is 0 Å². The van der Waals surface area contributed by atoms with Crippen molar-refractivity contribution in [1.82, 2.24) is 0 Å². The van der Waals surface area contributed by atoms with Crippen LogP contribution in [0.5, 0.6) is 0 Å². The van der Waals surface area contributed by atoms with E-state index in [1.54, 1.807) is 6.07 Å². The van der Waals surface area contributed by atoms with Gasteiger partial charge in [0.2, 0.25) is 5.76 Å². The van der Waals surface area contributed by atoms with E-state index < -0.39 is 0 Å². The summed E-state index contributed by atoms with van der Waals surface area (Å²) in [5, 5.41) is 8.60. The Morgan fingerprint density at radius 2 is 1.79 bits per heavy atom. The van der Waals surface area contributed by atoms with Crippen LogP contribution in [0.25, 0.3) is 11.3 Å². The number of nitriles is 1. The van der Waals surface area contributed by atoms with Gasteiger partial charge in [-0.15, -0.1) is 0 Å². The maximum Gasteiger partial charge on any atom is 0.204 e. The van der Waals surface area contributed by atoms with Crippen LogP contribution in [0.1, 0.15) is 11.3 Å². The molecule has 0 bridgehead atoms. The summed E-state index contributed by atoms with van der Waals surface area (Å²) < 4.78 is 5.30. The Morgan fingerprint density at radius 1 is 1.07 bits per heavy atom. The van der Waals surface area contributed by atoms with Gasteiger partial charge in [0, 0.05) is 5.56 Å². The first-order chi connectivity index (χ1) is 6.79. The predicted molar refractivity (Wildman–Crippen MR) is 53.6 cm³/mol. The molecule has 1 aromatic carbocycles. The first kappa shape index (κ1) is 8.58. The second-order valence-corrected chi connectivity index (χ2v) is 3.14. The van der Waals surface area contributed by atoms with Crippen molar-refractivity contribution in [3.63, 3.8) is 0 Å². The van der Waals surface area contributed by atoms with Gasteiger partial charge in [-0.25, -0.2) is 0 Å². The minimum atomic E-state index is 0.348. The molecular weight excluding hydrogens is 174 g/mol. The summed E-state index contributed by atoms with van der Waals surface area (Å²) in [6.45, 7) is 2.03. The highest BCUT2D eigenvalue weighted by molar-refractivity contribution is 5.58. The third-order valence-electron chi connectivity index (χ3n) is 2.05. The number of benzene rings is 1. The monoisotopic (exact) mass is 183 g/mol. The quantitative estimate of drug-likeness (QED) is 0.681. The van der Waals surface area contributed by atoms with E-state index in [2.05, 4.69) is 0 Å². The van der Waals surface area contributed by atoms with Crippen molar-refractivity contribution in [2.45, 2.75) is 6.92 Å². The summed E-state index contributed by atoms with van der Waals surface area (Å²) in [6, 6.07) is 13.4. The fourth-order valence-electron chi connectivity index (χ4n) is 1.27. The summed E-state index contributed by atoms with van der Waals surface area (Å²) in [4.78, 5) is 0. The average Bonchev–Trinajstić information content (AvgIpc) is 2.67. The summed E-state index contributed by atoms with van der Waals surface area (Å²) >= 11 is 0. The number of rotatable bonds is 1. The van der Waals surface area contributed by atoms with Crippen LogP contribution < -0.4 is 0 Å². The molecule has 68 valence electrons. The molecule has 0 saturated carbocycles. The largest absolute Gasteiger partial charge is 0.446 e. The molecule has 2 rings (SSSR count). The summed E-state index contributed by atoms with van der Waals surface area (Å²) in [5.74, 6) is 1.09. The molecule has 0 fully saturated rings. The molecule has 14 heavy (non-hydrogen) atoms. The highest BCUT2D eigenvalue weighted by Crippen LogP contribution is 2.21. The van der Waals surface area contributed by atoms with Crippen molar-refractivity contribution in [1.29, 1.82) is 5.26 Å². The van der Waals surface area contributed by atoms with E-state index in [0.717, 1.165) is 11.3 Å². The highest BCUT2D eigenvalue weighted by Gasteiger charge is 2.02. The molecule has 0 N–H and O–H groups in total. The molecule has 1 aromatic heterocycles. The van der Waals surface area contributed by atoms with E-state index in [1.807, 2.05) is 43.3 Å². The Hall–Kier alpha value is -2.01. The molecule has 0 amide bonds. The zero-order valence-electron chi connectivity index (χ0n) is 7.82. The molecule has 2 aromatic rings. The molecule has 1 heterocycles. The lowest BCUT2D eigenvalue weighted by Crippen LogP contribution is -1.74. The summed E-state index contributed by atoms with van der Waals surface area (Å²) in [6.07, 6.45) is 0. The Labute approximate surface area is 82.4 Å². The lowest BCUT2D eigenvalue weighted by Gasteiger charge is -1.96. The standard InChI is InChI=1S/C12H9NO/c1-9-2-4-10(5-3-9)12-7-6-11(8-13)14-12/h2-7H,1H3. The molecule has 0 unspecified atom stereocenters. The lowest BCUT2D eigenvalue weighted by atomic mass is 10.1. The number of hydrogen-bond acceptors (Lipinski definition) is 2. The van der Waals surface area contributed by atoms with Crippen molar-refractivity contribution in [2.75, 3.05) is 0 Å². The molecule has 0 radical (unpaired) electrons. The topological polar surface area (TPSA) is 36.9 Å². The van der Waals surface area contributed by atoms with Gasteiger partial charge in [0.05, 0.1) is 0 Å². The third kappa shape index (κ3) is 1.53. The van der Waals surface area contributed by atoms with Crippen LogP contribution in [0, 0.1) is 18.3 Å². The van der Waals surface area contributed by atoms with E-state index >= 15 is 0 Å². The Morgan fingerprint density at radius 3 is 2.36 bits per heavy atom. The zero-order valence-corrected chi connectivity index (χ0v) is 7.82. The van der Waals surface area contributed by atoms with E-state index in [9.17, 15) is 0 Å². The van der Waals surface area contributed by atoms with Crippen LogP contribution in [-0.4, -0.2) is 0 Å².